The molecule has 0 heterocycles. The van der Waals surface area contributed by atoms with Crippen LogP contribution < -0.4 is 4.74 Å². The number of carbonyl (C=O) groups excluding carboxylic acids is 1. The molecule has 0 fully saturated rings. The van der Waals surface area contributed by atoms with Gasteiger partial charge in [0.2, 0.25) is 0 Å². The topological polar surface area (TPSA) is 49.8 Å². The number of amides is 1. The van der Waals surface area contributed by atoms with Crippen molar-refractivity contribution in [3.8, 4) is 5.75 Å². The van der Waals surface area contributed by atoms with Gasteiger partial charge in [0.25, 0.3) is 5.91 Å². The van der Waals surface area contributed by atoms with E-state index < -0.39 is 0 Å². The molecular formula is C16H25NO3. The van der Waals surface area contributed by atoms with Crippen molar-refractivity contribution in [2.45, 2.75) is 33.1 Å². The maximum absolute atomic E-state index is 11.9. The first-order valence-corrected chi connectivity index (χ1v) is 7.19. The smallest absolute Gasteiger partial charge is 0.260 e. The molecule has 1 aromatic carbocycles. The Bertz CT molecular complexity index is 401. The predicted octanol–water partition coefficient (Wildman–Crippen LogP) is 2.42. The van der Waals surface area contributed by atoms with Crippen LogP contribution in [-0.4, -0.2) is 42.2 Å². The van der Waals surface area contributed by atoms with Crippen LogP contribution in [0.5, 0.6) is 5.75 Å². The highest BCUT2D eigenvalue weighted by atomic mass is 16.5. The number of likely N-dealkylation sites (N-methyl/N-ethyl adjacent to an activating group) is 1. The van der Waals surface area contributed by atoms with E-state index in [1.54, 1.807) is 4.90 Å². The van der Waals surface area contributed by atoms with Gasteiger partial charge in [-0.15, -0.1) is 0 Å². The summed E-state index contributed by atoms with van der Waals surface area (Å²) >= 11 is 0. The third-order valence-electron chi connectivity index (χ3n) is 3.23. The molecule has 4 heteroatoms. The molecule has 0 unspecified atom stereocenters. The fraction of sp³-hybridized carbons (Fsp3) is 0.562. The zero-order chi connectivity index (χ0) is 15.0. The molecule has 0 radical (unpaired) electrons. The zero-order valence-corrected chi connectivity index (χ0v) is 12.6. The average Bonchev–Trinajstić information content (AvgIpc) is 2.46. The molecule has 0 spiro atoms. The summed E-state index contributed by atoms with van der Waals surface area (Å²) in [5.41, 5.74) is 1.25. The van der Waals surface area contributed by atoms with Crippen molar-refractivity contribution >= 4 is 5.91 Å². The second kappa shape index (κ2) is 8.59. The summed E-state index contributed by atoms with van der Waals surface area (Å²) in [4.78, 5) is 13.6. The lowest BCUT2D eigenvalue weighted by Crippen LogP contribution is -2.35. The molecule has 0 saturated heterocycles. The van der Waals surface area contributed by atoms with Crippen LogP contribution in [0.2, 0.25) is 0 Å². The van der Waals surface area contributed by atoms with Crippen molar-refractivity contribution in [2.75, 3.05) is 26.3 Å². The molecule has 4 nitrogen and oxygen atoms in total. The van der Waals surface area contributed by atoms with Crippen molar-refractivity contribution in [2.24, 2.45) is 0 Å². The lowest BCUT2D eigenvalue weighted by Gasteiger charge is -2.20. The molecule has 0 aromatic heterocycles. The molecule has 0 bridgehead atoms. The number of carbonyl (C=O) groups is 1. The first-order valence-electron chi connectivity index (χ1n) is 7.19. The van der Waals surface area contributed by atoms with Gasteiger partial charge >= 0.3 is 0 Å². The van der Waals surface area contributed by atoms with Gasteiger partial charge in [0, 0.05) is 19.7 Å². The fourth-order valence-corrected chi connectivity index (χ4v) is 1.91. The molecular weight excluding hydrogens is 254 g/mol. The Balaban J connectivity index is 2.47. The van der Waals surface area contributed by atoms with Gasteiger partial charge < -0.3 is 14.7 Å². The first kappa shape index (κ1) is 16.5. The molecule has 0 atom stereocenters. The van der Waals surface area contributed by atoms with Crippen LogP contribution in [0.25, 0.3) is 0 Å². The van der Waals surface area contributed by atoms with Gasteiger partial charge in [-0.2, -0.15) is 0 Å². The van der Waals surface area contributed by atoms with Crippen LogP contribution in [0.15, 0.2) is 24.3 Å². The maximum Gasteiger partial charge on any atom is 0.260 e. The molecule has 1 amide bonds. The molecule has 1 aromatic rings. The zero-order valence-electron chi connectivity index (χ0n) is 12.6. The summed E-state index contributed by atoms with van der Waals surface area (Å²) in [5.74, 6) is 1.15. The molecule has 1 N–H and O–H groups in total. The standard InChI is InChI=1S/C16H25NO3/c1-4-17(10-5-11-18)16(19)12-20-15-8-6-14(7-9-15)13(2)3/h6-9,13,18H,4-5,10-12H2,1-3H3. The van der Waals surface area contributed by atoms with Crippen LogP contribution in [0, 0.1) is 0 Å². The predicted molar refractivity (Wildman–Crippen MR) is 80.0 cm³/mol. The molecule has 112 valence electrons. The van der Waals surface area contributed by atoms with E-state index in [4.69, 9.17) is 9.84 Å². The van der Waals surface area contributed by atoms with Crippen molar-refractivity contribution in [3.05, 3.63) is 29.8 Å². The van der Waals surface area contributed by atoms with Gasteiger partial charge in [-0.25, -0.2) is 0 Å². The monoisotopic (exact) mass is 279 g/mol. The van der Waals surface area contributed by atoms with E-state index >= 15 is 0 Å². The van der Waals surface area contributed by atoms with Crippen molar-refractivity contribution in [1.29, 1.82) is 0 Å². The minimum absolute atomic E-state index is 0.0420. The number of ether oxygens (including phenoxy) is 1. The van der Waals surface area contributed by atoms with Gasteiger partial charge in [-0.1, -0.05) is 26.0 Å². The largest absolute Gasteiger partial charge is 0.484 e. The van der Waals surface area contributed by atoms with Crippen LogP contribution in [0.4, 0.5) is 0 Å². The molecule has 0 aliphatic rings. The molecule has 1 rings (SSSR count). The lowest BCUT2D eigenvalue weighted by molar-refractivity contribution is -0.133. The summed E-state index contributed by atoms with van der Waals surface area (Å²) in [6.07, 6.45) is 0.600. The number of hydrogen-bond acceptors (Lipinski definition) is 3. The van der Waals surface area contributed by atoms with E-state index in [-0.39, 0.29) is 19.1 Å². The third kappa shape index (κ3) is 5.21. The average molecular weight is 279 g/mol. The molecule has 0 saturated carbocycles. The highest BCUT2D eigenvalue weighted by Crippen LogP contribution is 2.18. The van der Waals surface area contributed by atoms with E-state index in [0.29, 0.717) is 31.2 Å². The Hall–Kier alpha value is -1.55. The summed E-state index contributed by atoms with van der Waals surface area (Å²) in [6.45, 7) is 7.55. The molecule has 20 heavy (non-hydrogen) atoms. The SMILES string of the molecule is CCN(CCCO)C(=O)COc1ccc(C(C)C)cc1. The normalized spacial score (nSPS) is 10.7. The van der Waals surface area contributed by atoms with E-state index in [9.17, 15) is 4.79 Å². The van der Waals surface area contributed by atoms with Crippen molar-refractivity contribution < 1.29 is 14.6 Å². The van der Waals surface area contributed by atoms with Gasteiger partial charge in [-0.3, -0.25) is 4.79 Å². The number of aliphatic hydroxyl groups excluding tert-OH is 1. The summed E-state index contributed by atoms with van der Waals surface area (Å²) in [6, 6.07) is 7.83. The first-order chi connectivity index (χ1) is 9.58. The summed E-state index contributed by atoms with van der Waals surface area (Å²) in [7, 11) is 0. The van der Waals surface area contributed by atoms with E-state index in [2.05, 4.69) is 13.8 Å². The van der Waals surface area contributed by atoms with Crippen LogP contribution in [0.3, 0.4) is 0 Å². The van der Waals surface area contributed by atoms with Crippen LogP contribution in [0.1, 0.15) is 38.7 Å². The fourth-order valence-electron chi connectivity index (χ4n) is 1.91. The molecule has 0 aliphatic heterocycles. The third-order valence-corrected chi connectivity index (χ3v) is 3.23. The van der Waals surface area contributed by atoms with Crippen LogP contribution >= 0.6 is 0 Å². The Labute approximate surface area is 121 Å². The van der Waals surface area contributed by atoms with Gasteiger partial charge in [0.05, 0.1) is 0 Å². The number of hydrogen-bond donors (Lipinski definition) is 1. The highest BCUT2D eigenvalue weighted by molar-refractivity contribution is 5.77. The minimum atomic E-state index is -0.0473. The Morgan fingerprint density at radius 2 is 1.95 bits per heavy atom. The van der Waals surface area contributed by atoms with E-state index in [0.717, 1.165) is 0 Å². The van der Waals surface area contributed by atoms with E-state index in [1.807, 2.05) is 31.2 Å². The lowest BCUT2D eigenvalue weighted by atomic mass is 10.0. The number of rotatable bonds is 8. The number of nitrogens with zero attached hydrogens (tertiary/aromatic N) is 1. The van der Waals surface area contributed by atoms with Crippen molar-refractivity contribution in [3.63, 3.8) is 0 Å². The quantitative estimate of drug-likeness (QED) is 0.795. The number of aliphatic hydroxyl groups is 1. The number of benzene rings is 1. The Kier molecular flexibility index (Phi) is 7.09. The second-order valence-electron chi connectivity index (χ2n) is 5.06. The van der Waals surface area contributed by atoms with Crippen molar-refractivity contribution in [1.82, 2.24) is 4.90 Å². The maximum atomic E-state index is 11.9. The highest BCUT2D eigenvalue weighted by Gasteiger charge is 2.11. The molecule has 0 aliphatic carbocycles. The Morgan fingerprint density at radius 3 is 2.45 bits per heavy atom. The van der Waals surface area contributed by atoms with Gasteiger partial charge in [0.15, 0.2) is 6.61 Å². The van der Waals surface area contributed by atoms with Gasteiger partial charge in [-0.05, 0) is 37.0 Å². The van der Waals surface area contributed by atoms with E-state index in [1.165, 1.54) is 5.56 Å². The minimum Gasteiger partial charge on any atom is -0.484 e. The summed E-state index contributed by atoms with van der Waals surface area (Å²) in [5, 5.41) is 8.80. The van der Waals surface area contributed by atoms with Gasteiger partial charge in [0.1, 0.15) is 5.75 Å². The second-order valence-corrected chi connectivity index (χ2v) is 5.06. The Morgan fingerprint density at radius 1 is 1.30 bits per heavy atom. The van der Waals surface area contributed by atoms with Crippen LogP contribution in [-0.2, 0) is 4.79 Å². The summed E-state index contributed by atoms with van der Waals surface area (Å²) < 4.78 is 5.51.